The molecule has 1 atom stereocenters. The maximum absolute atomic E-state index is 13.7. The molecule has 0 spiro atoms. The molecule has 1 fully saturated rings. The van der Waals surface area contributed by atoms with Gasteiger partial charge in [0.05, 0.1) is 35.9 Å². The lowest BCUT2D eigenvalue weighted by atomic mass is 9.82. The number of aromatic nitrogens is 2. The Balaban J connectivity index is 1.72. The Bertz CT molecular complexity index is 1390. The van der Waals surface area contributed by atoms with Gasteiger partial charge in [-0.25, -0.2) is 9.18 Å². The average Bonchev–Trinajstić information content (AvgIpc) is 2.97. The molecule has 1 saturated heterocycles. The van der Waals surface area contributed by atoms with E-state index in [4.69, 9.17) is 24.2 Å². The molecular weight excluding hydrogens is 557 g/mol. The highest BCUT2D eigenvalue weighted by molar-refractivity contribution is 5.86. The topological polar surface area (TPSA) is 73.8 Å². The first kappa shape index (κ1) is 33.4. The molecule has 7 nitrogen and oxygen atoms in total. The number of piperidine rings is 1. The summed E-state index contributed by atoms with van der Waals surface area (Å²) in [6.07, 6.45) is 5.75. The van der Waals surface area contributed by atoms with E-state index in [1.54, 1.807) is 18.3 Å². The highest BCUT2D eigenvalue weighted by atomic mass is 19.1. The fourth-order valence-electron chi connectivity index (χ4n) is 5.27. The summed E-state index contributed by atoms with van der Waals surface area (Å²) in [7, 11) is 0. The summed E-state index contributed by atoms with van der Waals surface area (Å²) in [4.78, 5) is 25.6. The first-order chi connectivity index (χ1) is 20.8. The number of carbonyl (C=O) groups excluding carboxylic acids is 1. The van der Waals surface area contributed by atoms with Gasteiger partial charge in [0.25, 0.3) is 0 Å². The summed E-state index contributed by atoms with van der Waals surface area (Å²) < 4.78 is 31.5. The highest BCUT2D eigenvalue weighted by Gasteiger charge is 2.37. The Kier molecular flexibility index (Phi) is 10.7. The Hall–Kier alpha value is -3.52. The molecule has 3 heterocycles. The van der Waals surface area contributed by atoms with E-state index in [-0.39, 0.29) is 17.3 Å². The Morgan fingerprint density at radius 3 is 2.32 bits per heavy atom. The van der Waals surface area contributed by atoms with Crippen LogP contribution in [0.15, 0.2) is 48.8 Å². The molecule has 0 saturated carbocycles. The Labute approximate surface area is 262 Å². The third-order valence-electron chi connectivity index (χ3n) is 8.42. The molecule has 238 valence electrons. The summed E-state index contributed by atoms with van der Waals surface area (Å²) >= 11 is 0. The smallest absolute Gasteiger partial charge is 0.340 e. The van der Waals surface area contributed by atoms with Gasteiger partial charge in [0.2, 0.25) is 0 Å². The number of carbonyl (C=O) groups is 1. The summed E-state index contributed by atoms with van der Waals surface area (Å²) in [6.45, 7) is 18.4. The second-order valence-corrected chi connectivity index (χ2v) is 13.4. The number of esters is 1. The molecule has 4 rings (SSSR count). The van der Waals surface area contributed by atoms with Crippen molar-refractivity contribution in [3.05, 3.63) is 71.4 Å². The van der Waals surface area contributed by atoms with Crippen LogP contribution >= 0.6 is 0 Å². The summed E-state index contributed by atoms with van der Waals surface area (Å²) in [5, 5.41) is 0. The Morgan fingerprint density at radius 2 is 1.73 bits per heavy atom. The van der Waals surface area contributed by atoms with E-state index in [0.717, 1.165) is 66.1 Å². The van der Waals surface area contributed by atoms with Crippen molar-refractivity contribution in [1.29, 1.82) is 0 Å². The summed E-state index contributed by atoms with van der Waals surface area (Å²) in [6, 6.07) is 10.3. The number of halogens is 1. The van der Waals surface area contributed by atoms with Gasteiger partial charge in [0.1, 0.15) is 11.6 Å². The molecule has 2 aromatic heterocycles. The predicted molar refractivity (Wildman–Crippen MR) is 172 cm³/mol. The van der Waals surface area contributed by atoms with Crippen LogP contribution < -0.4 is 9.64 Å². The van der Waals surface area contributed by atoms with Crippen LogP contribution in [0.25, 0.3) is 11.3 Å². The quantitative estimate of drug-likeness (QED) is 0.194. The zero-order chi connectivity index (χ0) is 32.1. The van der Waals surface area contributed by atoms with Crippen molar-refractivity contribution in [1.82, 2.24) is 9.97 Å². The van der Waals surface area contributed by atoms with Crippen molar-refractivity contribution in [3.8, 4) is 17.0 Å². The second-order valence-electron chi connectivity index (χ2n) is 13.4. The largest absolute Gasteiger partial charge is 0.492 e. The van der Waals surface area contributed by atoms with Crippen LogP contribution in [-0.4, -0.2) is 47.3 Å². The number of anilines is 1. The lowest BCUT2D eigenvalue weighted by molar-refractivity contribution is -0.172. The third-order valence-corrected chi connectivity index (χ3v) is 8.42. The van der Waals surface area contributed by atoms with Gasteiger partial charge in [0.15, 0.2) is 6.10 Å². The van der Waals surface area contributed by atoms with Crippen molar-refractivity contribution in [3.63, 3.8) is 0 Å². The van der Waals surface area contributed by atoms with Crippen molar-refractivity contribution >= 4 is 11.7 Å². The van der Waals surface area contributed by atoms with E-state index in [9.17, 15) is 9.18 Å². The molecule has 3 aromatic rings. The average molecular weight is 606 g/mol. The van der Waals surface area contributed by atoms with Crippen molar-refractivity contribution in [2.45, 2.75) is 98.9 Å². The van der Waals surface area contributed by atoms with E-state index in [0.29, 0.717) is 18.8 Å². The number of aryl methyl sites for hydroxylation is 1. The predicted octanol–water partition coefficient (Wildman–Crippen LogP) is 8.04. The zero-order valence-electron chi connectivity index (χ0n) is 27.6. The lowest BCUT2D eigenvalue weighted by Crippen LogP contribution is -2.39. The van der Waals surface area contributed by atoms with Gasteiger partial charge in [-0.3, -0.25) is 9.97 Å². The van der Waals surface area contributed by atoms with Crippen LogP contribution in [-0.2, 0) is 20.7 Å². The van der Waals surface area contributed by atoms with Gasteiger partial charge in [-0.1, -0.05) is 32.9 Å². The Morgan fingerprint density at radius 1 is 1.05 bits per heavy atom. The molecular formula is C36H48FN3O4. The fourth-order valence-corrected chi connectivity index (χ4v) is 5.27. The van der Waals surface area contributed by atoms with Crippen molar-refractivity contribution < 1.29 is 23.4 Å². The van der Waals surface area contributed by atoms with Gasteiger partial charge in [-0.05, 0) is 89.1 Å². The minimum Gasteiger partial charge on any atom is -0.492 e. The number of hydrogen-bond donors (Lipinski definition) is 0. The zero-order valence-corrected chi connectivity index (χ0v) is 27.6. The summed E-state index contributed by atoms with van der Waals surface area (Å²) in [5.41, 5.74) is 4.63. The SMILES string of the molecule is CCC(C)(C)O[C@H](C(=O)OC(C)C)c1c(C)ncc(-c2ccc(OCCc3ccc(F)cc3)cn2)c1N1CCC(C)(C)CC1. The van der Waals surface area contributed by atoms with Gasteiger partial charge in [0, 0.05) is 42.5 Å². The van der Waals surface area contributed by atoms with Crippen LogP contribution in [0.3, 0.4) is 0 Å². The molecule has 1 aliphatic heterocycles. The molecule has 0 unspecified atom stereocenters. The fraction of sp³-hybridized carbons (Fsp3) is 0.528. The molecule has 44 heavy (non-hydrogen) atoms. The van der Waals surface area contributed by atoms with Crippen LogP contribution in [0.5, 0.6) is 5.75 Å². The standard InChI is InChI=1S/C36H48FN3O4/c1-9-36(7,8)44-33(34(41)43-24(2)3)31-25(4)38-23-29(32(31)40-19-17-35(5,6)18-20-40)30-15-14-28(22-39-30)42-21-16-26-10-12-27(37)13-11-26/h10-15,22-24,33H,9,16-21H2,1-8H3/t33-/m0/s1. The maximum Gasteiger partial charge on any atom is 0.340 e. The molecule has 8 heteroatoms. The van der Waals surface area contributed by atoms with Gasteiger partial charge in [-0.2, -0.15) is 0 Å². The minimum atomic E-state index is -0.946. The third kappa shape index (κ3) is 8.56. The van der Waals surface area contributed by atoms with Crippen LogP contribution in [0.1, 0.15) is 90.7 Å². The van der Waals surface area contributed by atoms with E-state index in [1.165, 1.54) is 12.1 Å². The molecule has 1 aliphatic rings. The first-order valence-electron chi connectivity index (χ1n) is 15.7. The van der Waals surface area contributed by atoms with Gasteiger partial charge < -0.3 is 19.1 Å². The van der Waals surface area contributed by atoms with Crippen LogP contribution in [0, 0.1) is 18.2 Å². The molecule has 0 bridgehead atoms. The number of hydrogen-bond acceptors (Lipinski definition) is 7. The lowest BCUT2D eigenvalue weighted by Gasteiger charge is -2.41. The van der Waals surface area contributed by atoms with E-state index < -0.39 is 17.7 Å². The molecule has 0 N–H and O–H groups in total. The van der Waals surface area contributed by atoms with Crippen molar-refractivity contribution in [2.75, 3.05) is 24.6 Å². The summed E-state index contributed by atoms with van der Waals surface area (Å²) in [5.74, 6) is -0.0245. The number of pyridine rings is 2. The van der Waals surface area contributed by atoms with E-state index >= 15 is 0 Å². The first-order valence-corrected chi connectivity index (χ1v) is 15.7. The normalized spacial score (nSPS) is 15.7. The number of nitrogens with zero attached hydrogens (tertiary/aromatic N) is 3. The molecule has 0 aliphatic carbocycles. The van der Waals surface area contributed by atoms with E-state index in [1.807, 2.05) is 59.9 Å². The molecule has 0 amide bonds. The second kappa shape index (κ2) is 14.1. The number of ether oxygens (including phenoxy) is 3. The van der Waals surface area contributed by atoms with Crippen molar-refractivity contribution in [2.24, 2.45) is 5.41 Å². The number of benzene rings is 1. The van der Waals surface area contributed by atoms with Crippen LogP contribution in [0.2, 0.25) is 0 Å². The van der Waals surface area contributed by atoms with Gasteiger partial charge in [-0.15, -0.1) is 0 Å². The van der Waals surface area contributed by atoms with Crippen LogP contribution in [0.4, 0.5) is 10.1 Å². The minimum absolute atomic E-state index is 0.237. The highest BCUT2D eigenvalue weighted by Crippen LogP contribution is 2.43. The molecule has 1 aromatic carbocycles. The monoisotopic (exact) mass is 605 g/mol. The van der Waals surface area contributed by atoms with E-state index in [2.05, 4.69) is 18.7 Å². The molecule has 0 radical (unpaired) electrons. The maximum atomic E-state index is 13.7. The number of rotatable bonds is 12. The van der Waals surface area contributed by atoms with Gasteiger partial charge >= 0.3 is 5.97 Å².